The molecule has 0 heterocycles. The molecule has 0 aliphatic rings. The lowest BCUT2D eigenvalue weighted by atomic mass is 10.2. The van der Waals surface area contributed by atoms with Crippen molar-refractivity contribution in [2.24, 2.45) is 5.10 Å². The number of anilines is 1. The summed E-state index contributed by atoms with van der Waals surface area (Å²) in [6, 6.07) is 15.2. The first-order valence-corrected chi connectivity index (χ1v) is 10.1. The van der Waals surface area contributed by atoms with Crippen molar-refractivity contribution in [1.82, 2.24) is 0 Å². The largest absolute Gasteiger partial charge is 0.490 e. The fourth-order valence-electron chi connectivity index (χ4n) is 2.77. The highest BCUT2D eigenvalue weighted by molar-refractivity contribution is 6.32. The predicted molar refractivity (Wildman–Crippen MR) is 124 cm³/mol. The van der Waals surface area contributed by atoms with Crippen LogP contribution in [0.2, 0.25) is 5.02 Å². The summed E-state index contributed by atoms with van der Waals surface area (Å²) in [4.78, 5) is 20.6. The van der Waals surface area contributed by atoms with Crippen LogP contribution >= 0.6 is 11.6 Å². The Balaban J connectivity index is 1.71. The molecule has 0 atom stereocenters. The Hall–Kier alpha value is -4.18. The fourth-order valence-corrected chi connectivity index (χ4v) is 3.05. The third-order valence-corrected chi connectivity index (χ3v) is 4.63. The van der Waals surface area contributed by atoms with Crippen LogP contribution in [0.25, 0.3) is 0 Å². The van der Waals surface area contributed by atoms with Crippen LogP contribution in [-0.2, 0) is 6.61 Å². The topological polar surface area (TPSA) is 129 Å². The van der Waals surface area contributed by atoms with Gasteiger partial charge in [-0.2, -0.15) is 5.10 Å². The van der Waals surface area contributed by atoms with Gasteiger partial charge in [-0.3, -0.25) is 25.7 Å². The summed E-state index contributed by atoms with van der Waals surface area (Å²) < 4.78 is 11.5. The second kappa shape index (κ2) is 10.9. The Morgan fingerprint density at radius 1 is 0.970 bits per heavy atom. The van der Waals surface area contributed by atoms with Crippen LogP contribution in [0.15, 0.2) is 65.8 Å². The normalized spacial score (nSPS) is 10.7. The molecule has 170 valence electrons. The number of benzene rings is 3. The Morgan fingerprint density at radius 2 is 1.58 bits per heavy atom. The summed E-state index contributed by atoms with van der Waals surface area (Å²) in [7, 11) is 0. The summed E-state index contributed by atoms with van der Waals surface area (Å²) in [5.41, 5.74) is 4.73. The van der Waals surface area contributed by atoms with Crippen LogP contribution in [-0.4, -0.2) is 22.7 Å². The number of non-ortho nitro benzene ring substituents is 2. The van der Waals surface area contributed by atoms with E-state index in [2.05, 4.69) is 10.5 Å². The van der Waals surface area contributed by atoms with Gasteiger partial charge in [-0.15, -0.1) is 0 Å². The van der Waals surface area contributed by atoms with Gasteiger partial charge in [0.05, 0.1) is 33.4 Å². The van der Waals surface area contributed by atoms with E-state index in [0.717, 1.165) is 5.56 Å². The lowest BCUT2D eigenvalue weighted by molar-refractivity contribution is -0.385. The smallest absolute Gasteiger partial charge is 0.269 e. The van der Waals surface area contributed by atoms with Crippen molar-refractivity contribution in [2.45, 2.75) is 13.5 Å². The van der Waals surface area contributed by atoms with E-state index in [4.69, 9.17) is 21.1 Å². The van der Waals surface area contributed by atoms with E-state index in [1.807, 2.05) is 6.92 Å². The molecule has 3 aromatic rings. The molecule has 0 spiro atoms. The van der Waals surface area contributed by atoms with Gasteiger partial charge in [0.2, 0.25) is 0 Å². The van der Waals surface area contributed by atoms with Gasteiger partial charge in [0.15, 0.2) is 11.5 Å². The van der Waals surface area contributed by atoms with Crippen molar-refractivity contribution < 1.29 is 19.3 Å². The number of nitro groups is 2. The van der Waals surface area contributed by atoms with Crippen LogP contribution in [0.1, 0.15) is 18.1 Å². The molecule has 11 heteroatoms. The Kier molecular flexibility index (Phi) is 7.77. The zero-order valence-corrected chi connectivity index (χ0v) is 18.2. The minimum absolute atomic E-state index is 0.00207. The highest BCUT2D eigenvalue weighted by Gasteiger charge is 2.13. The molecule has 0 aliphatic carbocycles. The van der Waals surface area contributed by atoms with Crippen molar-refractivity contribution in [2.75, 3.05) is 12.0 Å². The molecule has 3 aromatic carbocycles. The molecule has 33 heavy (non-hydrogen) atoms. The van der Waals surface area contributed by atoms with Gasteiger partial charge >= 0.3 is 0 Å². The van der Waals surface area contributed by atoms with Crippen molar-refractivity contribution in [3.05, 3.63) is 97.0 Å². The van der Waals surface area contributed by atoms with Crippen LogP contribution in [0.4, 0.5) is 17.1 Å². The summed E-state index contributed by atoms with van der Waals surface area (Å²) in [5, 5.41) is 25.9. The molecule has 0 fully saturated rings. The average molecular weight is 471 g/mol. The van der Waals surface area contributed by atoms with Crippen LogP contribution in [0.3, 0.4) is 0 Å². The number of hydrogen-bond donors (Lipinski definition) is 1. The Morgan fingerprint density at radius 3 is 2.15 bits per heavy atom. The lowest BCUT2D eigenvalue weighted by Gasteiger charge is -2.14. The van der Waals surface area contributed by atoms with Gasteiger partial charge in [-0.25, -0.2) is 0 Å². The number of hydrazone groups is 1. The van der Waals surface area contributed by atoms with Gasteiger partial charge in [-0.1, -0.05) is 11.6 Å². The Labute approximate surface area is 193 Å². The zero-order chi connectivity index (χ0) is 23.8. The van der Waals surface area contributed by atoms with Gasteiger partial charge in [-0.05, 0) is 54.4 Å². The maximum absolute atomic E-state index is 10.8. The molecule has 1 N–H and O–H groups in total. The summed E-state index contributed by atoms with van der Waals surface area (Å²) in [6.45, 7) is 2.35. The first-order chi connectivity index (χ1) is 15.9. The fraction of sp³-hybridized carbons (Fsp3) is 0.136. The molecule has 0 radical (unpaired) electrons. The van der Waals surface area contributed by atoms with E-state index in [1.54, 1.807) is 36.4 Å². The quantitative estimate of drug-likeness (QED) is 0.232. The number of rotatable bonds is 10. The van der Waals surface area contributed by atoms with Crippen LogP contribution in [0, 0.1) is 20.2 Å². The molecule has 0 amide bonds. The van der Waals surface area contributed by atoms with Crippen molar-refractivity contribution >= 4 is 34.9 Å². The molecule has 0 unspecified atom stereocenters. The van der Waals surface area contributed by atoms with Gasteiger partial charge < -0.3 is 9.47 Å². The first kappa shape index (κ1) is 23.5. The second-order valence-electron chi connectivity index (χ2n) is 6.65. The first-order valence-electron chi connectivity index (χ1n) is 9.73. The number of halogens is 1. The van der Waals surface area contributed by atoms with Crippen molar-refractivity contribution in [3.63, 3.8) is 0 Å². The van der Waals surface area contributed by atoms with Crippen LogP contribution in [0.5, 0.6) is 11.5 Å². The highest BCUT2D eigenvalue weighted by Crippen LogP contribution is 2.37. The molecule has 0 bridgehead atoms. The molecule has 0 saturated carbocycles. The van der Waals surface area contributed by atoms with Gasteiger partial charge in [0.1, 0.15) is 6.61 Å². The van der Waals surface area contributed by atoms with Gasteiger partial charge in [0.25, 0.3) is 11.4 Å². The van der Waals surface area contributed by atoms with E-state index in [9.17, 15) is 20.2 Å². The highest BCUT2D eigenvalue weighted by atomic mass is 35.5. The molecule has 10 nitrogen and oxygen atoms in total. The SMILES string of the molecule is CCOc1cc(/C=N/Nc2ccc([N+](=O)[O-])cc2)cc(Cl)c1OCc1ccc([N+](=O)[O-])cc1. The number of nitro benzene ring substituents is 2. The van der Waals surface area contributed by atoms with Gasteiger partial charge in [0, 0.05) is 24.3 Å². The maximum Gasteiger partial charge on any atom is 0.269 e. The van der Waals surface area contributed by atoms with Crippen molar-refractivity contribution in [1.29, 1.82) is 0 Å². The third kappa shape index (κ3) is 6.40. The lowest BCUT2D eigenvalue weighted by Crippen LogP contribution is -2.02. The monoisotopic (exact) mass is 470 g/mol. The maximum atomic E-state index is 10.8. The number of nitrogens with zero attached hydrogens (tertiary/aromatic N) is 3. The average Bonchev–Trinajstić information content (AvgIpc) is 2.79. The van der Waals surface area contributed by atoms with Crippen LogP contribution < -0.4 is 14.9 Å². The standard InChI is InChI=1S/C22H19ClN4O6/c1-2-32-21-12-16(13-24-25-17-5-9-19(10-6-17)27(30)31)11-20(23)22(21)33-14-15-3-7-18(8-4-15)26(28)29/h3-13,25H,2,14H2,1H3/b24-13+. The molecule has 0 aromatic heterocycles. The molecule has 0 saturated heterocycles. The van der Waals surface area contributed by atoms with E-state index in [0.29, 0.717) is 34.4 Å². The number of ether oxygens (including phenoxy) is 2. The Bertz CT molecular complexity index is 1170. The number of hydrogen-bond acceptors (Lipinski definition) is 8. The van der Waals surface area contributed by atoms with E-state index in [1.165, 1.54) is 30.5 Å². The summed E-state index contributed by atoms with van der Waals surface area (Å²) in [6.07, 6.45) is 1.52. The summed E-state index contributed by atoms with van der Waals surface area (Å²) >= 11 is 6.41. The van der Waals surface area contributed by atoms with E-state index >= 15 is 0 Å². The molecule has 0 aliphatic heterocycles. The minimum atomic E-state index is -0.477. The van der Waals surface area contributed by atoms with Crippen molar-refractivity contribution in [3.8, 4) is 11.5 Å². The van der Waals surface area contributed by atoms with E-state index < -0.39 is 9.85 Å². The summed E-state index contributed by atoms with van der Waals surface area (Å²) in [5.74, 6) is 0.765. The van der Waals surface area contributed by atoms with E-state index in [-0.39, 0.29) is 18.0 Å². The predicted octanol–water partition coefficient (Wildman–Crippen LogP) is 5.58. The molecular formula is C22H19ClN4O6. The minimum Gasteiger partial charge on any atom is -0.490 e. The second-order valence-corrected chi connectivity index (χ2v) is 7.06. The number of nitrogens with one attached hydrogen (secondary N) is 1. The molecule has 3 rings (SSSR count). The third-order valence-electron chi connectivity index (χ3n) is 4.35. The zero-order valence-electron chi connectivity index (χ0n) is 17.4. The molecular weight excluding hydrogens is 452 g/mol.